The Kier molecular flexibility index (Phi) is 5.24. The first kappa shape index (κ1) is 19.4. The van der Waals surface area contributed by atoms with Gasteiger partial charge in [-0.2, -0.15) is 4.98 Å². The number of amides is 1. The van der Waals surface area contributed by atoms with Crippen LogP contribution in [0.5, 0.6) is 5.75 Å². The average Bonchev–Trinajstić information content (AvgIpc) is 3.29. The number of carbonyl (C=O) groups is 1. The van der Waals surface area contributed by atoms with Gasteiger partial charge in [0.2, 0.25) is 17.6 Å². The normalized spacial score (nSPS) is 16.7. The van der Waals surface area contributed by atoms with E-state index in [1.165, 1.54) is 23.1 Å². The predicted molar refractivity (Wildman–Crippen MR) is 107 cm³/mol. The summed E-state index contributed by atoms with van der Waals surface area (Å²) in [6, 6.07) is 11.4. The summed E-state index contributed by atoms with van der Waals surface area (Å²) >= 11 is 6.10. The van der Waals surface area contributed by atoms with Gasteiger partial charge in [0.25, 0.3) is 0 Å². The van der Waals surface area contributed by atoms with Gasteiger partial charge in [-0.3, -0.25) is 4.79 Å². The standard InChI is InChI=1S/C21H19ClFN3O3/c1-12(2)28-16-6-3-13(4-7-16)20-24-21(29-25-20)14-9-19(27)26(11-14)18-8-5-15(23)10-17(18)22/h3-8,10,12,14H,9,11H2,1-2H3. The second-order valence-corrected chi connectivity index (χ2v) is 7.56. The van der Waals surface area contributed by atoms with Crippen molar-refractivity contribution in [2.24, 2.45) is 0 Å². The van der Waals surface area contributed by atoms with Crippen LogP contribution in [-0.4, -0.2) is 28.7 Å². The Hall–Kier alpha value is -2.93. The summed E-state index contributed by atoms with van der Waals surface area (Å²) in [6.07, 6.45) is 0.311. The molecule has 0 radical (unpaired) electrons. The monoisotopic (exact) mass is 415 g/mol. The third-order valence-electron chi connectivity index (χ3n) is 4.60. The molecular weight excluding hydrogens is 397 g/mol. The number of hydrogen-bond donors (Lipinski definition) is 0. The van der Waals surface area contributed by atoms with Crippen LogP contribution >= 0.6 is 11.6 Å². The molecule has 1 atom stereocenters. The van der Waals surface area contributed by atoms with Crippen molar-refractivity contribution in [1.29, 1.82) is 0 Å². The summed E-state index contributed by atoms with van der Waals surface area (Å²) in [5, 5.41) is 4.23. The maximum absolute atomic E-state index is 13.3. The van der Waals surface area contributed by atoms with Crippen LogP contribution in [0, 0.1) is 5.82 Å². The fourth-order valence-corrected chi connectivity index (χ4v) is 3.55. The van der Waals surface area contributed by atoms with Crippen LogP contribution in [-0.2, 0) is 4.79 Å². The lowest BCUT2D eigenvalue weighted by Crippen LogP contribution is -2.24. The Labute approximate surface area is 172 Å². The van der Waals surface area contributed by atoms with Crippen LogP contribution in [0.1, 0.15) is 32.1 Å². The van der Waals surface area contributed by atoms with E-state index in [1.807, 2.05) is 38.1 Å². The van der Waals surface area contributed by atoms with E-state index in [0.29, 0.717) is 23.9 Å². The fourth-order valence-electron chi connectivity index (χ4n) is 3.28. The third-order valence-corrected chi connectivity index (χ3v) is 4.90. The van der Waals surface area contributed by atoms with Crippen molar-refractivity contribution >= 4 is 23.2 Å². The summed E-state index contributed by atoms with van der Waals surface area (Å²) in [5.41, 5.74) is 1.26. The van der Waals surface area contributed by atoms with Crippen LogP contribution < -0.4 is 9.64 Å². The van der Waals surface area contributed by atoms with E-state index in [-0.39, 0.29) is 29.4 Å². The lowest BCUT2D eigenvalue weighted by molar-refractivity contribution is -0.117. The number of hydrogen-bond acceptors (Lipinski definition) is 5. The summed E-state index contributed by atoms with van der Waals surface area (Å²) < 4.78 is 24.3. The van der Waals surface area contributed by atoms with E-state index in [1.54, 1.807) is 0 Å². The Morgan fingerprint density at radius 1 is 1.24 bits per heavy atom. The van der Waals surface area contributed by atoms with Gasteiger partial charge < -0.3 is 14.2 Å². The Morgan fingerprint density at radius 3 is 2.69 bits per heavy atom. The molecule has 29 heavy (non-hydrogen) atoms. The Balaban J connectivity index is 1.50. The van der Waals surface area contributed by atoms with E-state index in [0.717, 1.165) is 11.3 Å². The molecule has 1 aliphatic rings. The highest BCUT2D eigenvalue weighted by atomic mass is 35.5. The third kappa shape index (κ3) is 4.10. The first-order chi connectivity index (χ1) is 13.9. The minimum atomic E-state index is -0.451. The molecule has 0 saturated carbocycles. The molecule has 0 aliphatic carbocycles. The van der Waals surface area contributed by atoms with Crippen LogP contribution in [0.4, 0.5) is 10.1 Å². The lowest BCUT2D eigenvalue weighted by Gasteiger charge is -2.17. The largest absolute Gasteiger partial charge is 0.491 e. The van der Waals surface area contributed by atoms with Crippen molar-refractivity contribution in [1.82, 2.24) is 10.1 Å². The smallest absolute Gasteiger partial charge is 0.232 e. The highest BCUT2D eigenvalue weighted by molar-refractivity contribution is 6.33. The molecule has 1 aliphatic heterocycles. The number of carbonyl (C=O) groups excluding carboxylic acids is 1. The zero-order chi connectivity index (χ0) is 20.5. The summed E-state index contributed by atoms with van der Waals surface area (Å²) in [6.45, 7) is 4.27. The predicted octanol–water partition coefficient (Wildman–Crippen LogP) is 4.84. The molecule has 0 bridgehead atoms. The minimum absolute atomic E-state index is 0.0927. The molecule has 6 nitrogen and oxygen atoms in total. The van der Waals surface area contributed by atoms with Gasteiger partial charge in [-0.15, -0.1) is 0 Å². The average molecular weight is 416 g/mol. The van der Waals surface area contributed by atoms with Crippen LogP contribution in [0.25, 0.3) is 11.4 Å². The van der Waals surface area contributed by atoms with Gasteiger partial charge in [-0.05, 0) is 56.3 Å². The summed E-state index contributed by atoms with van der Waals surface area (Å²) in [4.78, 5) is 18.5. The Morgan fingerprint density at radius 2 is 2.00 bits per heavy atom. The second kappa shape index (κ2) is 7.83. The molecule has 8 heteroatoms. The molecule has 3 aromatic rings. The minimum Gasteiger partial charge on any atom is -0.491 e. The second-order valence-electron chi connectivity index (χ2n) is 7.15. The van der Waals surface area contributed by atoms with Gasteiger partial charge in [0.1, 0.15) is 11.6 Å². The van der Waals surface area contributed by atoms with Gasteiger partial charge in [-0.25, -0.2) is 4.39 Å². The van der Waals surface area contributed by atoms with Gasteiger partial charge in [0.05, 0.1) is 22.7 Å². The van der Waals surface area contributed by atoms with E-state index in [9.17, 15) is 9.18 Å². The number of benzene rings is 2. The number of aromatic nitrogens is 2. The van der Waals surface area contributed by atoms with Gasteiger partial charge >= 0.3 is 0 Å². The maximum Gasteiger partial charge on any atom is 0.232 e. The number of rotatable bonds is 5. The van der Waals surface area contributed by atoms with Gasteiger partial charge in [-0.1, -0.05) is 16.8 Å². The molecule has 2 aromatic carbocycles. The van der Waals surface area contributed by atoms with Crippen molar-refractivity contribution in [3.05, 3.63) is 59.2 Å². The van der Waals surface area contributed by atoms with Crippen LogP contribution in [0.15, 0.2) is 47.0 Å². The summed E-state index contributed by atoms with van der Waals surface area (Å²) in [5.74, 6) is 0.763. The van der Waals surface area contributed by atoms with Crippen molar-refractivity contribution < 1.29 is 18.4 Å². The highest BCUT2D eigenvalue weighted by Gasteiger charge is 2.36. The molecule has 1 aromatic heterocycles. The molecule has 2 heterocycles. The molecule has 1 saturated heterocycles. The van der Waals surface area contributed by atoms with Gasteiger partial charge in [0.15, 0.2) is 0 Å². The quantitative estimate of drug-likeness (QED) is 0.596. The first-order valence-corrected chi connectivity index (χ1v) is 9.64. The molecule has 0 spiro atoms. The fraction of sp³-hybridized carbons (Fsp3) is 0.286. The highest BCUT2D eigenvalue weighted by Crippen LogP contribution is 2.35. The zero-order valence-electron chi connectivity index (χ0n) is 15.9. The van der Waals surface area contributed by atoms with Crippen molar-refractivity contribution in [2.75, 3.05) is 11.4 Å². The van der Waals surface area contributed by atoms with Crippen molar-refractivity contribution in [3.63, 3.8) is 0 Å². The number of halogens is 2. The topological polar surface area (TPSA) is 68.5 Å². The lowest BCUT2D eigenvalue weighted by atomic mass is 10.1. The van der Waals surface area contributed by atoms with Crippen molar-refractivity contribution in [2.45, 2.75) is 32.3 Å². The molecule has 0 N–H and O–H groups in total. The van der Waals surface area contributed by atoms with Gasteiger partial charge in [0, 0.05) is 18.5 Å². The molecule has 1 fully saturated rings. The van der Waals surface area contributed by atoms with Crippen LogP contribution in [0.3, 0.4) is 0 Å². The van der Waals surface area contributed by atoms with Crippen molar-refractivity contribution in [3.8, 4) is 17.1 Å². The molecule has 1 unspecified atom stereocenters. The molecule has 150 valence electrons. The van der Waals surface area contributed by atoms with Crippen LogP contribution in [0.2, 0.25) is 5.02 Å². The zero-order valence-corrected chi connectivity index (χ0v) is 16.7. The maximum atomic E-state index is 13.3. The Bertz CT molecular complexity index is 1040. The van der Waals surface area contributed by atoms with E-state index in [2.05, 4.69) is 10.1 Å². The molecule has 4 rings (SSSR count). The molecular formula is C21H19ClFN3O3. The first-order valence-electron chi connectivity index (χ1n) is 9.27. The van der Waals surface area contributed by atoms with E-state index < -0.39 is 5.82 Å². The van der Waals surface area contributed by atoms with E-state index in [4.69, 9.17) is 20.9 Å². The number of ether oxygens (including phenoxy) is 1. The van der Waals surface area contributed by atoms with E-state index >= 15 is 0 Å². The number of nitrogens with zero attached hydrogens (tertiary/aromatic N) is 3. The summed E-state index contributed by atoms with van der Waals surface area (Å²) in [7, 11) is 0. The SMILES string of the molecule is CC(C)Oc1ccc(-c2noc(C3CC(=O)N(c4ccc(F)cc4Cl)C3)n2)cc1. The molecule has 1 amide bonds. The number of anilines is 1.